The van der Waals surface area contributed by atoms with Crippen molar-refractivity contribution in [3.05, 3.63) is 17.8 Å². The highest BCUT2D eigenvalue weighted by Crippen LogP contribution is 2.29. The average molecular weight is 237 g/mol. The summed E-state index contributed by atoms with van der Waals surface area (Å²) in [6.07, 6.45) is 4.58. The minimum absolute atomic E-state index is 0.0923. The SMILES string of the molecule is Cc1ncoc1C(=O)N(C)C1CCCC1CN. The highest BCUT2D eigenvalue weighted by molar-refractivity contribution is 5.92. The fourth-order valence-corrected chi connectivity index (χ4v) is 2.62. The smallest absolute Gasteiger partial charge is 0.291 e. The van der Waals surface area contributed by atoms with Crippen LogP contribution in [0.1, 0.15) is 35.5 Å². The van der Waals surface area contributed by atoms with E-state index in [1.807, 2.05) is 7.05 Å². The van der Waals surface area contributed by atoms with Gasteiger partial charge in [-0.05, 0) is 32.2 Å². The van der Waals surface area contributed by atoms with E-state index in [9.17, 15) is 4.79 Å². The third kappa shape index (κ3) is 2.20. The molecule has 0 radical (unpaired) electrons. The molecule has 1 aliphatic rings. The molecule has 1 heterocycles. The fraction of sp³-hybridized carbons (Fsp3) is 0.667. The molecule has 0 aromatic carbocycles. The molecule has 1 amide bonds. The van der Waals surface area contributed by atoms with Crippen LogP contribution in [0.25, 0.3) is 0 Å². The molecule has 17 heavy (non-hydrogen) atoms. The lowest BCUT2D eigenvalue weighted by atomic mass is 10.0. The standard InChI is InChI=1S/C12H19N3O2/c1-8-11(17-7-14-8)12(16)15(2)10-5-3-4-9(10)6-13/h7,9-10H,3-6,13H2,1-2H3. The van der Waals surface area contributed by atoms with Crippen molar-refractivity contribution in [3.63, 3.8) is 0 Å². The third-order valence-corrected chi connectivity index (χ3v) is 3.68. The number of aryl methyl sites for hydroxylation is 1. The zero-order valence-electron chi connectivity index (χ0n) is 10.3. The topological polar surface area (TPSA) is 72.4 Å². The number of carbonyl (C=O) groups is 1. The first kappa shape index (κ1) is 12.1. The van der Waals surface area contributed by atoms with Crippen LogP contribution >= 0.6 is 0 Å². The zero-order valence-corrected chi connectivity index (χ0v) is 10.3. The first-order chi connectivity index (χ1) is 8.15. The third-order valence-electron chi connectivity index (χ3n) is 3.68. The van der Waals surface area contributed by atoms with Crippen LogP contribution in [0.2, 0.25) is 0 Å². The Hall–Kier alpha value is -1.36. The Morgan fingerprint density at radius 1 is 1.65 bits per heavy atom. The molecular weight excluding hydrogens is 218 g/mol. The molecule has 0 bridgehead atoms. The summed E-state index contributed by atoms with van der Waals surface area (Å²) < 4.78 is 5.14. The summed E-state index contributed by atoms with van der Waals surface area (Å²) in [5.41, 5.74) is 6.38. The van der Waals surface area contributed by atoms with Crippen molar-refractivity contribution in [2.24, 2.45) is 11.7 Å². The number of nitrogens with two attached hydrogens (primary N) is 1. The van der Waals surface area contributed by atoms with Gasteiger partial charge in [0.15, 0.2) is 6.39 Å². The monoisotopic (exact) mass is 237 g/mol. The van der Waals surface area contributed by atoms with Gasteiger partial charge in [0.05, 0.1) is 5.69 Å². The van der Waals surface area contributed by atoms with E-state index in [0.717, 1.165) is 19.3 Å². The van der Waals surface area contributed by atoms with Crippen LogP contribution in [0.5, 0.6) is 0 Å². The molecule has 5 heteroatoms. The molecule has 0 aliphatic heterocycles. The van der Waals surface area contributed by atoms with Gasteiger partial charge < -0.3 is 15.1 Å². The minimum Gasteiger partial charge on any atom is -0.438 e. The van der Waals surface area contributed by atoms with Crippen molar-refractivity contribution >= 4 is 5.91 Å². The number of carbonyl (C=O) groups excluding carboxylic acids is 1. The number of hydrogen-bond donors (Lipinski definition) is 1. The molecule has 5 nitrogen and oxygen atoms in total. The largest absolute Gasteiger partial charge is 0.438 e. The van der Waals surface area contributed by atoms with Crippen LogP contribution in [-0.2, 0) is 0 Å². The highest BCUT2D eigenvalue weighted by Gasteiger charge is 2.33. The fourth-order valence-electron chi connectivity index (χ4n) is 2.62. The van der Waals surface area contributed by atoms with Crippen molar-refractivity contribution in [1.29, 1.82) is 0 Å². The molecule has 94 valence electrons. The summed E-state index contributed by atoms with van der Waals surface area (Å²) in [4.78, 5) is 17.9. The highest BCUT2D eigenvalue weighted by atomic mass is 16.3. The minimum atomic E-state index is -0.0923. The molecule has 0 saturated heterocycles. The van der Waals surface area contributed by atoms with Crippen LogP contribution in [0.4, 0.5) is 0 Å². The number of amides is 1. The zero-order chi connectivity index (χ0) is 12.4. The van der Waals surface area contributed by atoms with E-state index in [1.165, 1.54) is 6.39 Å². The summed E-state index contributed by atoms with van der Waals surface area (Å²) in [7, 11) is 1.82. The average Bonchev–Trinajstić information content (AvgIpc) is 2.95. The predicted molar refractivity (Wildman–Crippen MR) is 63.5 cm³/mol. The molecule has 1 saturated carbocycles. The lowest BCUT2D eigenvalue weighted by Crippen LogP contribution is -2.41. The van der Waals surface area contributed by atoms with Crippen LogP contribution in [0, 0.1) is 12.8 Å². The summed E-state index contributed by atoms with van der Waals surface area (Å²) >= 11 is 0. The van der Waals surface area contributed by atoms with Gasteiger partial charge in [-0.2, -0.15) is 0 Å². The van der Waals surface area contributed by atoms with E-state index in [0.29, 0.717) is 23.9 Å². The molecule has 1 aromatic heterocycles. The number of oxazole rings is 1. The van der Waals surface area contributed by atoms with Gasteiger partial charge in [-0.1, -0.05) is 6.42 Å². The lowest BCUT2D eigenvalue weighted by Gasteiger charge is -2.28. The van der Waals surface area contributed by atoms with E-state index in [-0.39, 0.29) is 11.9 Å². The number of aromatic nitrogens is 1. The lowest BCUT2D eigenvalue weighted by molar-refractivity contribution is 0.0666. The van der Waals surface area contributed by atoms with E-state index in [2.05, 4.69) is 4.98 Å². The summed E-state index contributed by atoms with van der Waals surface area (Å²) in [6, 6.07) is 0.233. The van der Waals surface area contributed by atoms with Gasteiger partial charge in [0.1, 0.15) is 0 Å². The van der Waals surface area contributed by atoms with Gasteiger partial charge in [0, 0.05) is 13.1 Å². The second-order valence-electron chi connectivity index (χ2n) is 4.68. The second-order valence-corrected chi connectivity index (χ2v) is 4.68. The van der Waals surface area contributed by atoms with Crippen LogP contribution < -0.4 is 5.73 Å². The number of nitrogens with zero attached hydrogens (tertiary/aromatic N) is 2. The van der Waals surface area contributed by atoms with Crippen molar-refractivity contribution in [1.82, 2.24) is 9.88 Å². The van der Waals surface area contributed by atoms with Crippen molar-refractivity contribution < 1.29 is 9.21 Å². The molecule has 2 rings (SSSR count). The van der Waals surface area contributed by atoms with Crippen molar-refractivity contribution in [3.8, 4) is 0 Å². The summed E-state index contributed by atoms with van der Waals surface area (Å²) in [5, 5.41) is 0. The Morgan fingerprint density at radius 3 is 3.00 bits per heavy atom. The summed E-state index contributed by atoms with van der Waals surface area (Å²) in [6.45, 7) is 2.41. The van der Waals surface area contributed by atoms with Gasteiger partial charge in [0.2, 0.25) is 5.76 Å². The molecule has 2 atom stereocenters. The molecular formula is C12H19N3O2. The van der Waals surface area contributed by atoms with E-state index in [1.54, 1.807) is 11.8 Å². The maximum absolute atomic E-state index is 12.2. The number of hydrogen-bond acceptors (Lipinski definition) is 4. The predicted octanol–water partition coefficient (Wildman–Crippen LogP) is 1.18. The van der Waals surface area contributed by atoms with E-state index in [4.69, 9.17) is 10.2 Å². The van der Waals surface area contributed by atoms with Crippen LogP contribution in [0.15, 0.2) is 10.8 Å². The molecule has 1 aliphatic carbocycles. The second kappa shape index (κ2) is 4.87. The molecule has 0 spiro atoms. The molecule has 1 fully saturated rings. The molecule has 2 unspecified atom stereocenters. The Kier molecular flexibility index (Phi) is 3.47. The Labute approximate surface area is 101 Å². The Bertz CT molecular complexity index is 402. The van der Waals surface area contributed by atoms with Crippen molar-refractivity contribution in [2.45, 2.75) is 32.2 Å². The van der Waals surface area contributed by atoms with Crippen molar-refractivity contribution in [2.75, 3.05) is 13.6 Å². The molecule has 1 aromatic rings. The van der Waals surface area contributed by atoms with Gasteiger partial charge in [-0.25, -0.2) is 4.98 Å². The summed E-state index contributed by atoms with van der Waals surface area (Å²) in [5.74, 6) is 0.660. The number of rotatable bonds is 3. The van der Waals surface area contributed by atoms with Gasteiger partial charge in [0.25, 0.3) is 5.91 Å². The van der Waals surface area contributed by atoms with Crippen LogP contribution in [-0.4, -0.2) is 35.4 Å². The normalized spacial score (nSPS) is 23.9. The first-order valence-electron chi connectivity index (χ1n) is 6.02. The van der Waals surface area contributed by atoms with Gasteiger partial charge in [-0.15, -0.1) is 0 Å². The first-order valence-corrected chi connectivity index (χ1v) is 6.02. The maximum atomic E-state index is 12.2. The van der Waals surface area contributed by atoms with E-state index < -0.39 is 0 Å². The Balaban J connectivity index is 2.12. The quantitative estimate of drug-likeness (QED) is 0.856. The van der Waals surface area contributed by atoms with Crippen LogP contribution in [0.3, 0.4) is 0 Å². The maximum Gasteiger partial charge on any atom is 0.291 e. The molecule has 2 N–H and O–H groups in total. The van der Waals surface area contributed by atoms with Gasteiger partial charge >= 0.3 is 0 Å². The van der Waals surface area contributed by atoms with Gasteiger partial charge in [-0.3, -0.25) is 4.79 Å². The van der Waals surface area contributed by atoms with E-state index >= 15 is 0 Å². The Morgan fingerprint density at radius 2 is 2.41 bits per heavy atom.